The molecule has 4 heteroatoms. The summed E-state index contributed by atoms with van der Waals surface area (Å²) in [6.45, 7) is 0. The number of hydrogen-bond donors (Lipinski definition) is 0. The van der Waals surface area contributed by atoms with Crippen LogP contribution in [-0.4, -0.2) is 12.2 Å². The van der Waals surface area contributed by atoms with Gasteiger partial charge in [0.1, 0.15) is 6.29 Å². The summed E-state index contributed by atoms with van der Waals surface area (Å²) in [4.78, 5) is 28.5. The number of aldehydes is 1. The summed E-state index contributed by atoms with van der Waals surface area (Å²) in [5.41, 5.74) is 0. The zero-order valence-corrected chi connectivity index (χ0v) is 3.90. The van der Waals surface area contributed by atoms with Gasteiger partial charge in [-0.25, -0.2) is 0 Å². The molecule has 0 saturated carbocycles. The minimum absolute atomic E-state index is 0.392. The van der Waals surface area contributed by atoms with Crippen molar-refractivity contribution in [1.29, 1.82) is 0 Å². The van der Waals surface area contributed by atoms with Crippen molar-refractivity contribution in [1.82, 2.24) is 0 Å². The van der Waals surface area contributed by atoms with Gasteiger partial charge >= 0.3 is 5.91 Å². The molecule has 0 aliphatic heterocycles. The molecule has 0 rings (SSSR count). The standard InChI is InChI=1S/C4H3NO3/c6-3-1-2-4(7)5-8/h1-3H/b2-1+. The number of rotatable bonds is 2. The van der Waals surface area contributed by atoms with E-state index < -0.39 is 5.91 Å². The number of amides is 1. The fraction of sp³-hybridized carbons (Fsp3) is 0. The largest absolute Gasteiger partial charge is 0.309 e. The average molecular weight is 113 g/mol. The minimum Gasteiger partial charge on any atom is -0.299 e. The summed E-state index contributed by atoms with van der Waals surface area (Å²) >= 11 is 0. The van der Waals surface area contributed by atoms with Gasteiger partial charge in [0.15, 0.2) is 0 Å². The molecule has 42 valence electrons. The molecule has 0 aliphatic rings. The van der Waals surface area contributed by atoms with Crippen LogP contribution < -0.4 is 0 Å². The summed E-state index contributed by atoms with van der Waals surface area (Å²) in [7, 11) is 0. The predicted molar refractivity (Wildman–Crippen MR) is 26.0 cm³/mol. The van der Waals surface area contributed by atoms with Crippen molar-refractivity contribution in [3.05, 3.63) is 17.1 Å². The third kappa shape index (κ3) is 2.89. The van der Waals surface area contributed by atoms with Crippen LogP contribution in [0.15, 0.2) is 17.3 Å². The highest BCUT2D eigenvalue weighted by atomic mass is 16.3. The van der Waals surface area contributed by atoms with Gasteiger partial charge in [-0.05, 0) is 6.08 Å². The van der Waals surface area contributed by atoms with Crippen LogP contribution in [0.4, 0.5) is 0 Å². The Morgan fingerprint density at radius 2 is 2.12 bits per heavy atom. The van der Waals surface area contributed by atoms with E-state index in [2.05, 4.69) is 0 Å². The topological polar surface area (TPSA) is 63.6 Å². The first-order valence-electron chi connectivity index (χ1n) is 1.80. The van der Waals surface area contributed by atoms with Crippen LogP contribution in [0, 0.1) is 4.91 Å². The van der Waals surface area contributed by atoms with E-state index in [1.54, 1.807) is 0 Å². The van der Waals surface area contributed by atoms with Crippen molar-refractivity contribution in [3.63, 3.8) is 0 Å². The summed E-state index contributed by atoms with van der Waals surface area (Å²) in [5, 5.41) is 1.99. The highest BCUT2D eigenvalue weighted by Gasteiger charge is 1.87. The summed E-state index contributed by atoms with van der Waals surface area (Å²) in [5.74, 6) is -0.947. The molecule has 4 nitrogen and oxygen atoms in total. The summed E-state index contributed by atoms with van der Waals surface area (Å²) in [6, 6.07) is 0. The molecule has 0 aliphatic carbocycles. The lowest BCUT2D eigenvalue weighted by Crippen LogP contribution is -1.81. The van der Waals surface area contributed by atoms with Gasteiger partial charge in [-0.15, -0.1) is 4.91 Å². The maximum Gasteiger partial charge on any atom is 0.309 e. The van der Waals surface area contributed by atoms with Gasteiger partial charge < -0.3 is 0 Å². The first-order chi connectivity index (χ1) is 3.81. The van der Waals surface area contributed by atoms with E-state index in [-0.39, 0.29) is 0 Å². The third-order valence-electron chi connectivity index (χ3n) is 0.407. The van der Waals surface area contributed by atoms with Gasteiger partial charge in [0, 0.05) is 11.3 Å². The fourth-order valence-electron chi connectivity index (χ4n) is 0.152. The monoisotopic (exact) mass is 113 g/mol. The molecule has 0 N–H and O–H groups in total. The maximum atomic E-state index is 9.85. The third-order valence-corrected chi connectivity index (χ3v) is 0.407. The van der Waals surface area contributed by atoms with Gasteiger partial charge in [-0.3, -0.25) is 9.59 Å². The molecule has 0 aromatic rings. The van der Waals surface area contributed by atoms with Crippen molar-refractivity contribution in [2.75, 3.05) is 0 Å². The average Bonchev–Trinajstić information content (AvgIpc) is 1.83. The Hall–Kier alpha value is -1.32. The van der Waals surface area contributed by atoms with E-state index in [9.17, 15) is 14.5 Å². The van der Waals surface area contributed by atoms with E-state index in [1.165, 1.54) is 0 Å². The lowest BCUT2D eigenvalue weighted by molar-refractivity contribution is -0.113. The normalized spacial score (nSPS) is 9.00. The highest BCUT2D eigenvalue weighted by Crippen LogP contribution is 1.73. The maximum absolute atomic E-state index is 9.85. The molecule has 0 aromatic heterocycles. The van der Waals surface area contributed by atoms with Crippen LogP contribution in [0.3, 0.4) is 0 Å². The number of nitrogens with zero attached hydrogens (tertiary/aromatic N) is 1. The Kier molecular flexibility index (Phi) is 3.22. The van der Waals surface area contributed by atoms with Crippen molar-refractivity contribution in [2.45, 2.75) is 0 Å². The number of carbonyl (C=O) groups excluding carboxylic acids is 2. The molecule has 0 aromatic carbocycles. The smallest absolute Gasteiger partial charge is 0.299 e. The Morgan fingerprint density at radius 1 is 1.50 bits per heavy atom. The molecule has 0 heterocycles. The molecule has 0 radical (unpaired) electrons. The van der Waals surface area contributed by atoms with E-state index >= 15 is 0 Å². The quantitative estimate of drug-likeness (QED) is 0.288. The highest BCUT2D eigenvalue weighted by molar-refractivity contribution is 5.91. The van der Waals surface area contributed by atoms with Crippen molar-refractivity contribution >= 4 is 12.2 Å². The molecule has 0 unspecified atom stereocenters. The first-order valence-corrected chi connectivity index (χ1v) is 1.80. The van der Waals surface area contributed by atoms with Gasteiger partial charge in [-0.1, -0.05) is 0 Å². The minimum atomic E-state index is -0.947. The SMILES string of the molecule is O=C/C=C/C(=O)N=O. The Balaban J connectivity index is 3.69. The molecule has 0 fully saturated rings. The van der Waals surface area contributed by atoms with E-state index in [4.69, 9.17) is 0 Å². The van der Waals surface area contributed by atoms with Gasteiger partial charge in [0.05, 0.1) is 0 Å². The first kappa shape index (κ1) is 6.68. The Bertz CT molecular complexity index is 138. The lowest BCUT2D eigenvalue weighted by Gasteiger charge is -1.66. The fourth-order valence-corrected chi connectivity index (χ4v) is 0.152. The molecular formula is C4H3NO3. The van der Waals surface area contributed by atoms with E-state index in [1.807, 2.05) is 5.18 Å². The van der Waals surface area contributed by atoms with Gasteiger partial charge in [0.2, 0.25) is 0 Å². The summed E-state index contributed by atoms with van der Waals surface area (Å²) in [6.07, 6.45) is 2.09. The molecule has 1 amide bonds. The predicted octanol–water partition coefficient (Wildman–Crippen LogP) is 0.0345. The Labute approximate surface area is 45.2 Å². The number of nitroso groups, excluding NO2 is 1. The van der Waals surface area contributed by atoms with E-state index in [0.29, 0.717) is 6.29 Å². The second-order valence-electron chi connectivity index (χ2n) is 0.925. The van der Waals surface area contributed by atoms with Crippen LogP contribution in [0.25, 0.3) is 0 Å². The molecule has 0 saturated heterocycles. The number of carbonyl (C=O) groups is 2. The van der Waals surface area contributed by atoms with Crippen molar-refractivity contribution in [3.8, 4) is 0 Å². The zero-order chi connectivity index (χ0) is 6.41. The molecule has 0 atom stereocenters. The molecule has 0 bridgehead atoms. The lowest BCUT2D eigenvalue weighted by atomic mass is 10.5. The zero-order valence-electron chi connectivity index (χ0n) is 3.90. The number of hydrogen-bond acceptors (Lipinski definition) is 3. The van der Waals surface area contributed by atoms with Crippen LogP contribution in [0.2, 0.25) is 0 Å². The van der Waals surface area contributed by atoms with E-state index in [0.717, 1.165) is 12.2 Å². The van der Waals surface area contributed by atoms with Crippen LogP contribution in [0.5, 0.6) is 0 Å². The van der Waals surface area contributed by atoms with Crippen LogP contribution in [0.1, 0.15) is 0 Å². The number of allylic oxidation sites excluding steroid dienone is 1. The van der Waals surface area contributed by atoms with Gasteiger partial charge in [0.25, 0.3) is 0 Å². The Morgan fingerprint density at radius 3 is 2.50 bits per heavy atom. The van der Waals surface area contributed by atoms with Crippen molar-refractivity contribution in [2.24, 2.45) is 5.18 Å². The summed E-state index contributed by atoms with van der Waals surface area (Å²) < 4.78 is 0. The van der Waals surface area contributed by atoms with Crippen molar-refractivity contribution < 1.29 is 9.59 Å². The van der Waals surface area contributed by atoms with Crippen LogP contribution >= 0.6 is 0 Å². The van der Waals surface area contributed by atoms with Gasteiger partial charge in [-0.2, -0.15) is 0 Å². The molecular weight excluding hydrogens is 110 g/mol. The second-order valence-corrected chi connectivity index (χ2v) is 0.925. The second kappa shape index (κ2) is 3.86. The molecule has 0 spiro atoms. The van der Waals surface area contributed by atoms with Crippen LogP contribution in [-0.2, 0) is 9.59 Å². The molecule has 8 heavy (non-hydrogen) atoms.